The zero-order valence-electron chi connectivity index (χ0n) is 10.7. The van der Waals surface area contributed by atoms with E-state index in [2.05, 4.69) is 0 Å². The van der Waals surface area contributed by atoms with Crippen LogP contribution in [0.2, 0.25) is 0 Å². The summed E-state index contributed by atoms with van der Waals surface area (Å²) in [6, 6.07) is 7.69. The van der Waals surface area contributed by atoms with E-state index in [1.54, 1.807) is 0 Å². The highest BCUT2D eigenvalue weighted by Gasteiger charge is 2.35. The molecule has 6 heteroatoms. The van der Waals surface area contributed by atoms with Crippen molar-refractivity contribution in [1.29, 1.82) is 0 Å². The summed E-state index contributed by atoms with van der Waals surface area (Å²) in [5, 5.41) is 19.1. The molecule has 2 N–H and O–H groups in total. The van der Waals surface area contributed by atoms with Crippen LogP contribution in [0.25, 0.3) is 0 Å². The number of benzene rings is 2. The van der Waals surface area contributed by atoms with Crippen molar-refractivity contribution in [3.63, 3.8) is 0 Å². The predicted octanol–water partition coefficient (Wildman–Crippen LogP) is 3.83. The lowest BCUT2D eigenvalue weighted by Gasteiger charge is -2.17. The number of alkyl halides is 3. The van der Waals surface area contributed by atoms with Crippen LogP contribution in [-0.4, -0.2) is 10.2 Å². The maximum atomic E-state index is 13.2. The van der Waals surface area contributed by atoms with Crippen molar-refractivity contribution in [1.82, 2.24) is 0 Å². The third-order valence-corrected chi connectivity index (χ3v) is 3.04. The van der Waals surface area contributed by atoms with Gasteiger partial charge in [0.25, 0.3) is 0 Å². The number of aliphatic hydroxyl groups is 1. The second-order valence-electron chi connectivity index (χ2n) is 4.62. The Morgan fingerprint density at radius 3 is 2.19 bits per heavy atom. The van der Waals surface area contributed by atoms with Gasteiger partial charge < -0.3 is 10.2 Å². The molecule has 0 aliphatic heterocycles. The first-order valence-electron chi connectivity index (χ1n) is 6.10. The maximum absolute atomic E-state index is 13.2. The molecule has 0 aliphatic carbocycles. The number of hydrogen-bond acceptors (Lipinski definition) is 2. The summed E-state index contributed by atoms with van der Waals surface area (Å²) < 4.78 is 51.8. The lowest BCUT2D eigenvalue weighted by atomic mass is 9.96. The van der Waals surface area contributed by atoms with Gasteiger partial charge in [0, 0.05) is 6.42 Å². The van der Waals surface area contributed by atoms with Crippen molar-refractivity contribution < 1.29 is 27.8 Å². The molecule has 0 radical (unpaired) electrons. The van der Waals surface area contributed by atoms with E-state index in [4.69, 9.17) is 5.11 Å². The van der Waals surface area contributed by atoms with Gasteiger partial charge in [0.15, 0.2) is 0 Å². The monoisotopic (exact) mass is 300 g/mol. The largest absolute Gasteiger partial charge is 0.508 e. The van der Waals surface area contributed by atoms with Gasteiger partial charge in [-0.1, -0.05) is 12.1 Å². The SMILES string of the molecule is Oc1ccc(CC(O)c2cc(F)ccc2C(F)(F)F)cc1. The zero-order chi connectivity index (χ0) is 15.6. The van der Waals surface area contributed by atoms with Gasteiger partial charge in [0.1, 0.15) is 11.6 Å². The first-order valence-corrected chi connectivity index (χ1v) is 6.10. The number of hydrogen-bond donors (Lipinski definition) is 2. The molecule has 0 saturated heterocycles. The summed E-state index contributed by atoms with van der Waals surface area (Å²) in [5.41, 5.74) is -1.04. The van der Waals surface area contributed by atoms with Gasteiger partial charge in [0.2, 0.25) is 0 Å². The Hall–Kier alpha value is -2.08. The highest BCUT2D eigenvalue weighted by molar-refractivity contribution is 5.34. The molecule has 0 saturated carbocycles. The number of aromatic hydroxyl groups is 1. The molecule has 2 nitrogen and oxygen atoms in total. The van der Waals surface area contributed by atoms with E-state index >= 15 is 0 Å². The minimum absolute atomic E-state index is 0.00924. The molecule has 2 aromatic carbocycles. The van der Waals surface area contributed by atoms with Crippen LogP contribution < -0.4 is 0 Å². The number of halogens is 4. The summed E-state index contributed by atoms with van der Waals surface area (Å²) in [6.07, 6.45) is -6.28. The smallest absolute Gasteiger partial charge is 0.416 e. The minimum Gasteiger partial charge on any atom is -0.508 e. The molecule has 2 rings (SSSR count). The first-order chi connectivity index (χ1) is 9.77. The Balaban J connectivity index is 2.32. The molecular weight excluding hydrogens is 288 g/mol. The maximum Gasteiger partial charge on any atom is 0.416 e. The molecule has 0 aliphatic rings. The molecule has 2 aromatic rings. The van der Waals surface area contributed by atoms with Crippen LogP contribution in [-0.2, 0) is 12.6 Å². The number of aliphatic hydroxyl groups excluding tert-OH is 1. The van der Waals surface area contributed by atoms with E-state index in [9.17, 15) is 22.7 Å². The van der Waals surface area contributed by atoms with Crippen molar-refractivity contribution in [3.05, 3.63) is 65.0 Å². The fourth-order valence-electron chi connectivity index (χ4n) is 2.03. The standard InChI is InChI=1S/C15H12F4O2/c16-10-3-6-13(15(17,18)19)12(8-10)14(21)7-9-1-4-11(20)5-2-9/h1-6,8,14,20-21H,7H2. The van der Waals surface area contributed by atoms with Gasteiger partial charge >= 0.3 is 6.18 Å². The van der Waals surface area contributed by atoms with E-state index in [0.29, 0.717) is 23.8 Å². The Kier molecular flexibility index (Phi) is 4.18. The normalized spacial score (nSPS) is 13.2. The Labute approximate surface area is 118 Å². The van der Waals surface area contributed by atoms with Crippen molar-refractivity contribution in [2.75, 3.05) is 0 Å². The molecule has 0 bridgehead atoms. The molecule has 1 unspecified atom stereocenters. The summed E-state index contributed by atoms with van der Waals surface area (Å²) in [7, 11) is 0. The third kappa shape index (κ3) is 3.72. The second kappa shape index (κ2) is 5.73. The molecule has 0 spiro atoms. The number of phenols is 1. The molecule has 0 aromatic heterocycles. The van der Waals surface area contributed by atoms with Gasteiger partial charge in [-0.2, -0.15) is 13.2 Å². The van der Waals surface area contributed by atoms with E-state index < -0.39 is 29.2 Å². The molecular formula is C15H12F4O2. The number of phenolic OH excluding ortho intramolecular Hbond substituents is 1. The third-order valence-electron chi connectivity index (χ3n) is 3.04. The van der Waals surface area contributed by atoms with Crippen LogP contribution in [0, 0.1) is 5.82 Å². The predicted molar refractivity (Wildman–Crippen MR) is 68.2 cm³/mol. The lowest BCUT2D eigenvalue weighted by molar-refractivity contribution is -0.139. The van der Waals surface area contributed by atoms with Crippen molar-refractivity contribution in [2.45, 2.75) is 18.7 Å². The molecule has 0 amide bonds. The summed E-state index contributed by atoms with van der Waals surface area (Å²) in [5.74, 6) is -0.835. The molecule has 112 valence electrons. The van der Waals surface area contributed by atoms with Gasteiger partial charge in [-0.15, -0.1) is 0 Å². The summed E-state index contributed by atoms with van der Waals surface area (Å²) in [4.78, 5) is 0. The average Bonchev–Trinajstić information content (AvgIpc) is 2.40. The van der Waals surface area contributed by atoms with Crippen LogP contribution in [0.5, 0.6) is 5.75 Å². The lowest BCUT2D eigenvalue weighted by Crippen LogP contribution is -2.13. The van der Waals surface area contributed by atoms with Crippen LogP contribution in [0.15, 0.2) is 42.5 Å². The number of rotatable bonds is 3. The zero-order valence-corrected chi connectivity index (χ0v) is 10.7. The molecule has 0 fully saturated rings. The molecule has 21 heavy (non-hydrogen) atoms. The Morgan fingerprint density at radius 1 is 1.00 bits per heavy atom. The second-order valence-corrected chi connectivity index (χ2v) is 4.62. The van der Waals surface area contributed by atoms with E-state index in [1.165, 1.54) is 24.3 Å². The summed E-state index contributed by atoms with van der Waals surface area (Å²) >= 11 is 0. The average molecular weight is 300 g/mol. The quantitative estimate of drug-likeness (QED) is 0.846. The van der Waals surface area contributed by atoms with E-state index in [1.807, 2.05) is 0 Å². The Bertz CT molecular complexity index is 621. The van der Waals surface area contributed by atoms with Crippen LogP contribution >= 0.6 is 0 Å². The highest BCUT2D eigenvalue weighted by atomic mass is 19.4. The Morgan fingerprint density at radius 2 is 1.62 bits per heavy atom. The van der Waals surface area contributed by atoms with Crippen LogP contribution in [0.3, 0.4) is 0 Å². The molecule has 1 atom stereocenters. The van der Waals surface area contributed by atoms with Gasteiger partial charge in [-0.25, -0.2) is 4.39 Å². The fourth-order valence-corrected chi connectivity index (χ4v) is 2.03. The van der Waals surface area contributed by atoms with E-state index in [-0.39, 0.29) is 12.2 Å². The fraction of sp³-hybridized carbons (Fsp3) is 0.200. The molecule has 0 heterocycles. The van der Waals surface area contributed by atoms with Gasteiger partial charge in [-0.05, 0) is 41.5 Å². The summed E-state index contributed by atoms with van der Waals surface area (Å²) in [6.45, 7) is 0. The van der Waals surface area contributed by atoms with Crippen LogP contribution in [0.1, 0.15) is 22.8 Å². The topological polar surface area (TPSA) is 40.5 Å². The van der Waals surface area contributed by atoms with Crippen molar-refractivity contribution in [3.8, 4) is 5.75 Å². The van der Waals surface area contributed by atoms with Crippen molar-refractivity contribution >= 4 is 0 Å². The highest BCUT2D eigenvalue weighted by Crippen LogP contribution is 2.36. The first kappa shape index (κ1) is 15.3. The van der Waals surface area contributed by atoms with E-state index in [0.717, 1.165) is 0 Å². The van der Waals surface area contributed by atoms with Gasteiger partial charge in [-0.3, -0.25) is 0 Å². The van der Waals surface area contributed by atoms with Crippen molar-refractivity contribution in [2.24, 2.45) is 0 Å². The minimum atomic E-state index is -4.67. The van der Waals surface area contributed by atoms with Gasteiger partial charge in [0.05, 0.1) is 11.7 Å². The van der Waals surface area contributed by atoms with Crippen LogP contribution in [0.4, 0.5) is 17.6 Å².